The van der Waals surface area contributed by atoms with Crippen LogP contribution in [0.15, 0.2) is 47.4 Å². The van der Waals surface area contributed by atoms with Gasteiger partial charge in [0.05, 0.1) is 4.91 Å². The smallest absolute Gasteiger partial charge is 0.266 e. The molecule has 0 aromatic heterocycles. The first-order chi connectivity index (χ1) is 12.5. The number of thioether (sulfide) groups is 1. The third-order valence-electron chi connectivity index (χ3n) is 3.79. The van der Waals surface area contributed by atoms with Crippen molar-refractivity contribution in [2.24, 2.45) is 0 Å². The van der Waals surface area contributed by atoms with Gasteiger partial charge in [0.25, 0.3) is 5.91 Å². The van der Waals surface area contributed by atoms with Gasteiger partial charge in [0.2, 0.25) is 0 Å². The van der Waals surface area contributed by atoms with E-state index in [2.05, 4.69) is 0 Å². The van der Waals surface area contributed by atoms with E-state index in [4.69, 9.17) is 40.2 Å². The zero-order valence-electron chi connectivity index (χ0n) is 13.9. The minimum absolute atomic E-state index is 0.0586. The summed E-state index contributed by atoms with van der Waals surface area (Å²) < 4.78 is 6.41. The van der Waals surface area contributed by atoms with Gasteiger partial charge >= 0.3 is 0 Å². The van der Waals surface area contributed by atoms with Crippen LogP contribution in [0.2, 0.25) is 10.0 Å². The van der Waals surface area contributed by atoms with Crippen molar-refractivity contribution >= 4 is 63.5 Å². The monoisotopic (exact) mass is 423 g/mol. The summed E-state index contributed by atoms with van der Waals surface area (Å²) in [5.74, 6) is 0.609. The van der Waals surface area contributed by atoms with Crippen LogP contribution in [0, 0.1) is 0 Å². The normalized spacial score (nSPS) is 15.8. The van der Waals surface area contributed by atoms with Crippen molar-refractivity contribution < 1.29 is 9.53 Å². The number of rotatable bonds is 5. The Labute approximate surface area is 171 Å². The first kappa shape index (κ1) is 19.2. The first-order valence-electron chi connectivity index (χ1n) is 7.90. The second-order valence-electron chi connectivity index (χ2n) is 5.49. The van der Waals surface area contributed by atoms with E-state index < -0.39 is 0 Å². The molecule has 0 unspecified atom stereocenters. The standard InChI is InChI=1S/C19H15Cl2NO2S2/c1-2-22-18(23)17(26-19(22)25)10-12-5-3-6-13(9-12)24-11-14-15(20)7-4-8-16(14)21/h3-10H,2,11H2,1H3. The van der Waals surface area contributed by atoms with Gasteiger partial charge < -0.3 is 4.74 Å². The topological polar surface area (TPSA) is 29.5 Å². The number of ether oxygens (including phenoxy) is 1. The van der Waals surface area contributed by atoms with Gasteiger partial charge in [0.1, 0.15) is 16.7 Å². The molecule has 0 radical (unpaired) electrons. The molecule has 3 nitrogen and oxygen atoms in total. The predicted molar refractivity (Wildman–Crippen MR) is 113 cm³/mol. The zero-order valence-corrected chi connectivity index (χ0v) is 17.0. The minimum atomic E-state index is -0.0586. The molecule has 0 atom stereocenters. The van der Waals surface area contributed by atoms with E-state index in [1.54, 1.807) is 23.1 Å². The van der Waals surface area contributed by atoms with Crippen molar-refractivity contribution in [1.82, 2.24) is 4.90 Å². The van der Waals surface area contributed by atoms with Crippen LogP contribution in [0.4, 0.5) is 0 Å². The highest BCUT2D eigenvalue weighted by molar-refractivity contribution is 8.26. The van der Waals surface area contributed by atoms with E-state index in [-0.39, 0.29) is 12.5 Å². The molecule has 7 heteroatoms. The number of nitrogens with zero attached hydrogens (tertiary/aromatic N) is 1. The number of hydrogen-bond acceptors (Lipinski definition) is 4. The second kappa shape index (κ2) is 8.44. The van der Waals surface area contributed by atoms with Crippen LogP contribution in [-0.2, 0) is 11.4 Å². The minimum Gasteiger partial charge on any atom is -0.489 e. The second-order valence-corrected chi connectivity index (χ2v) is 7.98. The van der Waals surface area contributed by atoms with E-state index in [1.165, 1.54) is 11.8 Å². The third-order valence-corrected chi connectivity index (χ3v) is 5.88. The molecule has 1 heterocycles. The van der Waals surface area contributed by atoms with Gasteiger partial charge in [-0.2, -0.15) is 0 Å². The number of carbonyl (C=O) groups is 1. The molecule has 1 amide bonds. The summed E-state index contributed by atoms with van der Waals surface area (Å²) >= 11 is 18.9. The molecule has 0 N–H and O–H groups in total. The first-order valence-corrected chi connectivity index (χ1v) is 9.88. The summed E-state index contributed by atoms with van der Waals surface area (Å²) in [6, 6.07) is 12.8. The van der Waals surface area contributed by atoms with Crippen molar-refractivity contribution in [3.8, 4) is 5.75 Å². The Kier molecular flexibility index (Phi) is 6.24. The molecule has 1 fully saturated rings. The molecular formula is C19H15Cl2NO2S2. The molecular weight excluding hydrogens is 409 g/mol. The van der Waals surface area contributed by atoms with Crippen LogP contribution in [0.5, 0.6) is 5.75 Å². The van der Waals surface area contributed by atoms with Crippen LogP contribution in [0.3, 0.4) is 0 Å². The fourth-order valence-corrected chi connectivity index (χ4v) is 4.33. The number of likely N-dealkylation sites (N-methyl/N-ethyl adjacent to an activating group) is 1. The van der Waals surface area contributed by atoms with Crippen LogP contribution < -0.4 is 4.74 Å². The Morgan fingerprint density at radius 1 is 1.19 bits per heavy atom. The maximum Gasteiger partial charge on any atom is 0.266 e. The molecule has 2 aromatic rings. The molecule has 0 saturated carbocycles. The quantitative estimate of drug-likeness (QED) is 0.449. The van der Waals surface area contributed by atoms with Gasteiger partial charge in [-0.05, 0) is 42.8 Å². The summed E-state index contributed by atoms with van der Waals surface area (Å²) in [5.41, 5.74) is 1.61. The summed E-state index contributed by atoms with van der Waals surface area (Å²) in [7, 11) is 0. The number of amides is 1. The Morgan fingerprint density at radius 3 is 2.54 bits per heavy atom. The number of benzene rings is 2. The van der Waals surface area contributed by atoms with E-state index in [0.29, 0.717) is 31.6 Å². The van der Waals surface area contributed by atoms with Gasteiger partial charge in [-0.15, -0.1) is 0 Å². The molecule has 2 aromatic carbocycles. The molecule has 3 rings (SSSR count). The van der Waals surface area contributed by atoms with Gasteiger partial charge in [-0.25, -0.2) is 0 Å². The summed E-state index contributed by atoms with van der Waals surface area (Å²) in [6.45, 7) is 2.74. The largest absolute Gasteiger partial charge is 0.489 e. The van der Waals surface area contributed by atoms with Crippen molar-refractivity contribution in [3.05, 3.63) is 68.5 Å². The Balaban J connectivity index is 1.76. The molecule has 1 saturated heterocycles. The van der Waals surface area contributed by atoms with Gasteiger partial charge in [0, 0.05) is 22.2 Å². The summed E-state index contributed by atoms with van der Waals surface area (Å²) in [4.78, 5) is 14.5. The molecule has 134 valence electrons. The Bertz CT molecular complexity index is 879. The van der Waals surface area contributed by atoms with Gasteiger partial charge in [-0.3, -0.25) is 9.69 Å². The lowest BCUT2D eigenvalue weighted by atomic mass is 10.2. The SMILES string of the molecule is CCN1C(=O)C(=Cc2cccc(OCc3c(Cl)cccc3Cl)c2)SC1=S. The summed E-state index contributed by atoms with van der Waals surface area (Å²) in [5, 5.41) is 1.13. The third kappa shape index (κ3) is 4.23. The fraction of sp³-hybridized carbons (Fsp3) is 0.158. The Hall–Kier alpha value is -1.53. The van der Waals surface area contributed by atoms with Gasteiger partial charge in [0.15, 0.2) is 0 Å². The van der Waals surface area contributed by atoms with Crippen LogP contribution in [0.1, 0.15) is 18.1 Å². The molecule has 26 heavy (non-hydrogen) atoms. The van der Waals surface area contributed by atoms with E-state index in [9.17, 15) is 4.79 Å². The number of hydrogen-bond donors (Lipinski definition) is 0. The number of carbonyl (C=O) groups excluding carboxylic acids is 1. The number of halogens is 2. The highest BCUT2D eigenvalue weighted by Crippen LogP contribution is 2.33. The lowest BCUT2D eigenvalue weighted by molar-refractivity contribution is -0.121. The van der Waals surface area contributed by atoms with Crippen molar-refractivity contribution in [1.29, 1.82) is 0 Å². The lowest BCUT2D eigenvalue weighted by Gasteiger charge is -2.10. The summed E-state index contributed by atoms with van der Waals surface area (Å²) in [6.07, 6.45) is 1.82. The van der Waals surface area contributed by atoms with Crippen molar-refractivity contribution in [2.45, 2.75) is 13.5 Å². The Morgan fingerprint density at radius 2 is 1.88 bits per heavy atom. The van der Waals surface area contributed by atoms with E-state index >= 15 is 0 Å². The van der Waals surface area contributed by atoms with Crippen LogP contribution >= 0.6 is 47.2 Å². The van der Waals surface area contributed by atoms with Crippen molar-refractivity contribution in [2.75, 3.05) is 6.54 Å². The highest BCUT2D eigenvalue weighted by atomic mass is 35.5. The van der Waals surface area contributed by atoms with Gasteiger partial charge in [-0.1, -0.05) is 65.4 Å². The molecule has 0 bridgehead atoms. The van der Waals surface area contributed by atoms with E-state index in [1.807, 2.05) is 37.3 Å². The molecule has 1 aliphatic rings. The fourth-order valence-electron chi connectivity index (χ4n) is 2.44. The molecule has 1 aliphatic heterocycles. The lowest BCUT2D eigenvalue weighted by Crippen LogP contribution is -2.27. The van der Waals surface area contributed by atoms with Crippen LogP contribution in [-0.4, -0.2) is 21.7 Å². The predicted octanol–water partition coefficient (Wildman–Crippen LogP) is 5.79. The highest BCUT2D eigenvalue weighted by Gasteiger charge is 2.30. The zero-order chi connectivity index (χ0) is 18.7. The maximum atomic E-state index is 12.3. The average molecular weight is 424 g/mol. The van der Waals surface area contributed by atoms with Crippen molar-refractivity contribution in [3.63, 3.8) is 0 Å². The number of thiocarbonyl (C=S) groups is 1. The van der Waals surface area contributed by atoms with E-state index in [0.717, 1.165) is 11.1 Å². The maximum absolute atomic E-state index is 12.3. The van der Waals surface area contributed by atoms with Crippen LogP contribution in [0.25, 0.3) is 6.08 Å². The molecule has 0 aliphatic carbocycles. The molecule has 0 spiro atoms. The average Bonchev–Trinajstić information content (AvgIpc) is 2.88.